The van der Waals surface area contributed by atoms with Crippen LogP contribution in [0, 0.1) is 0 Å². The molecule has 0 aromatic rings. The number of unbranched alkanes of at least 4 members (excludes halogenated alkanes) is 12. The molecule has 19 nitrogen and oxygen atoms in total. The summed E-state index contributed by atoms with van der Waals surface area (Å²) in [5.74, 6) is 0. The molecule has 0 N–H and O–H groups in total. The van der Waals surface area contributed by atoms with Gasteiger partial charge in [0.25, 0.3) is 93.6 Å². The molecule has 0 aliphatic carbocycles. The Morgan fingerprint density at radius 2 is 0.744 bits per heavy atom. The second-order valence-electron chi connectivity index (χ2n) is 22.4. The Hall–Kier alpha value is 3.58. The molecule has 0 amide bonds. The quantitative estimate of drug-likeness (QED) is 0.0661. The Labute approximate surface area is 509 Å². The molecule has 4 fully saturated rings. The molecule has 0 radical (unpaired) electrons. The van der Waals surface area contributed by atoms with E-state index in [1.807, 2.05) is 0 Å². The molecule has 4 saturated heterocycles. The van der Waals surface area contributed by atoms with Gasteiger partial charge in [-0.3, -0.25) is 0 Å². The van der Waals surface area contributed by atoms with Crippen LogP contribution < -0.4 is 0 Å². The van der Waals surface area contributed by atoms with Crippen LogP contribution in [0.5, 0.6) is 0 Å². The maximum absolute atomic E-state index is 7.41. The third-order valence-electron chi connectivity index (χ3n) is 14.0. The van der Waals surface area contributed by atoms with Gasteiger partial charge in [-0.05, 0) is 140 Å². The minimum Gasteiger partial charge on any atom is -0.441 e. The third kappa shape index (κ3) is 35.5. The van der Waals surface area contributed by atoms with E-state index < -0.39 is 186 Å². The molecular formula is C39H112O19Si20. The van der Waals surface area contributed by atoms with E-state index in [-0.39, 0.29) is 6.10 Å². The minimum absolute atomic E-state index is 0.266. The highest BCUT2D eigenvalue weighted by Gasteiger charge is 2.48. The van der Waals surface area contributed by atoms with E-state index in [1.54, 1.807) is 0 Å². The summed E-state index contributed by atoms with van der Waals surface area (Å²) >= 11 is 0. The molecule has 4 heterocycles. The van der Waals surface area contributed by atoms with E-state index >= 15 is 0 Å². The van der Waals surface area contributed by atoms with E-state index in [0.717, 1.165) is 99.3 Å². The molecule has 462 valence electrons. The topological polar surface area (TPSA) is 175 Å². The van der Waals surface area contributed by atoms with Gasteiger partial charge in [-0.15, -0.1) is 0 Å². The van der Waals surface area contributed by atoms with Crippen molar-refractivity contribution in [3.8, 4) is 0 Å². The highest BCUT2D eigenvalue weighted by atomic mass is 28.5. The van der Waals surface area contributed by atoms with Gasteiger partial charge in [-0.25, -0.2) is 0 Å². The second-order valence-corrected chi connectivity index (χ2v) is 69.4. The van der Waals surface area contributed by atoms with Crippen molar-refractivity contribution < 1.29 is 78.5 Å². The largest absolute Gasteiger partial charge is 0.635 e. The molecule has 0 bridgehead atoms. The first kappa shape index (κ1) is 74.0. The van der Waals surface area contributed by atoms with Crippen LogP contribution in [-0.4, -0.2) is 192 Å². The maximum Gasteiger partial charge on any atom is 0.635 e. The summed E-state index contributed by atoms with van der Waals surface area (Å²) in [6, 6.07) is 9.65. The summed E-state index contributed by atoms with van der Waals surface area (Å²) in [5.41, 5.74) is 0. The normalized spacial score (nSPS) is 33.9. The Bertz CT molecular complexity index is 1430. The van der Waals surface area contributed by atoms with Gasteiger partial charge in [0.15, 0.2) is 46.6 Å². The predicted octanol–water partition coefficient (Wildman–Crippen LogP) is 3.02. The van der Waals surface area contributed by atoms with Gasteiger partial charge in [0.2, 0.25) is 0 Å². The molecule has 4 aliphatic heterocycles. The van der Waals surface area contributed by atoms with Crippen molar-refractivity contribution in [2.24, 2.45) is 0 Å². The van der Waals surface area contributed by atoms with Crippen molar-refractivity contribution in [1.82, 2.24) is 0 Å². The van der Waals surface area contributed by atoms with Crippen LogP contribution in [0.25, 0.3) is 0 Å². The zero-order valence-corrected chi connectivity index (χ0v) is 74.7. The first-order valence-electron chi connectivity index (χ1n) is 30.7. The second kappa shape index (κ2) is 43.3. The average molecular weight is 1450 g/mol. The van der Waals surface area contributed by atoms with Crippen molar-refractivity contribution in [2.75, 3.05) is 0 Å². The number of hydrogen-bond acceptors (Lipinski definition) is 19. The summed E-state index contributed by atoms with van der Waals surface area (Å²) in [6.45, 7) is 28.3. The van der Waals surface area contributed by atoms with E-state index in [1.165, 1.54) is 57.8 Å². The molecular weight excluding hydrogens is 1330 g/mol. The van der Waals surface area contributed by atoms with Crippen molar-refractivity contribution in [2.45, 2.75) is 249 Å². The van der Waals surface area contributed by atoms with E-state index in [2.05, 4.69) is 85.5 Å². The smallest absolute Gasteiger partial charge is 0.441 e. The fourth-order valence-electron chi connectivity index (χ4n) is 10.2. The third-order valence-corrected chi connectivity index (χ3v) is 73.1. The molecule has 39 heteroatoms. The van der Waals surface area contributed by atoms with E-state index in [4.69, 9.17) is 78.5 Å². The number of hydrogen-bond donors (Lipinski definition) is 0. The fraction of sp³-hybridized carbons (Fsp3) is 1.00. The van der Waals surface area contributed by atoms with Crippen LogP contribution in [0.3, 0.4) is 0 Å². The van der Waals surface area contributed by atoms with Gasteiger partial charge < -0.3 is 78.5 Å². The highest BCUT2D eigenvalue weighted by molar-refractivity contribution is 6.82. The molecule has 0 saturated carbocycles. The Morgan fingerprint density at radius 1 is 0.397 bits per heavy atom. The minimum atomic E-state index is -3.33. The molecule has 0 aromatic carbocycles. The first-order chi connectivity index (χ1) is 37.4. The van der Waals surface area contributed by atoms with E-state index in [9.17, 15) is 0 Å². The average Bonchev–Trinajstić information content (AvgIpc) is 3.32. The van der Waals surface area contributed by atoms with Crippen molar-refractivity contribution >= 4 is 186 Å². The zero-order chi connectivity index (χ0) is 56.6. The summed E-state index contributed by atoms with van der Waals surface area (Å²) in [6.07, 6.45) is 18.9. The summed E-state index contributed by atoms with van der Waals surface area (Å²) in [4.78, 5) is 0. The molecule has 4 rings (SSSR count). The summed E-state index contributed by atoms with van der Waals surface area (Å²) in [5, 5.41) is 0. The Balaban J connectivity index is 1.32. The Kier molecular flexibility index (Phi) is 41.1. The predicted molar refractivity (Wildman–Crippen MR) is 363 cm³/mol. The molecule has 0 aromatic heterocycles. The van der Waals surface area contributed by atoms with Crippen LogP contribution in [-0.2, 0) is 78.5 Å². The SMILES string of the molecule is CC1C[SiH](C)O[SiH](C)O[SiH](CCCCCC[SiH2]O[Si](O[SiH2]CCCCCC[SiH]2O[SiH2]O[SiH](C)O[SiH](C)O2)(O[SiH2]CCCCCC[SiH]2O[SiH](C)O[SiH](C)O[SiH](C)O2)O[Si](C)(C)CCCCCC[SiH]2O[SiH](C)O[SiH](C)O[SiH](C)O2)O1. The summed E-state index contributed by atoms with van der Waals surface area (Å²) < 4.78 is 123. The lowest BCUT2D eigenvalue weighted by molar-refractivity contribution is 0.165. The van der Waals surface area contributed by atoms with Gasteiger partial charge in [0.05, 0.1) is 0 Å². The maximum atomic E-state index is 7.41. The molecule has 12 unspecified atom stereocenters. The van der Waals surface area contributed by atoms with Gasteiger partial charge in [0.1, 0.15) is 0 Å². The molecule has 78 heavy (non-hydrogen) atoms. The van der Waals surface area contributed by atoms with Crippen molar-refractivity contribution in [3.63, 3.8) is 0 Å². The van der Waals surface area contributed by atoms with Gasteiger partial charge >= 0.3 is 46.2 Å². The lowest BCUT2D eigenvalue weighted by atomic mass is 10.2. The van der Waals surface area contributed by atoms with Crippen LogP contribution in [0.2, 0.25) is 133 Å². The van der Waals surface area contributed by atoms with Crippen molar-refractivity contribution in [1.29, 1.82) is 0 Å². The van der Waals surface area contributed by atoms with E-state index in [0.29, 0.717) is 0 Å². The molecule has 12 atom stereocenters. The monoisotopic (exact) mass is 1440 g/mol. The lowest BCUT2D eigenvalue weighted by Crippen LogP contribution is -2.57. The fourth-order valence-corrected chi connectivity index (χ4v) is 72.0. The standard InChI is InChI=1S/C39H112O19Si20/c1-39-38-63(2)46-65(4)52-73(40-39)33-25-17-14-22-30-59-43-78(44-60-31-23-15-18-26-34-74-42-62-41-64(3)47-68(7)53-74,45-61-32-24-16-19-27-35-75-54-69(8)48-66(5)49-70(9)55-75)58-77(12,13)37-29-21-20-28-36-76-56-71(10)50-67(6)51-72(11)57-76/h39,63-76H,14-38,59-62H2,1-13H3. The van der Waals surface area contributed by atoms with Crippen LogP contribution in [0.1, 0.15) is 110 Å². The first-order valence-corrected chi connectivity index (χ1v) is 69.7. The Morgan fingerprint density at radius 3 is 1.21 bits per heavy atom. The lowest BCUT2D eigenvalue weighted by Gasteiger charge is -2.36. The van der Waals surface area contributed by atoms with Crippen LogP contribution in [0.15, 0.2) is 0 Å². The summed E-state index contributed by atoms with van der Waals surface area (Å²) in [7, 11) is -32.1. The molecule has 4 aliphatic rings. The van der Waals surface area contributed by atoms with Gasteiger partial charge in [-0.1, -0.05) is 103 Å². The van der Waals surface area contributed by atoms with Crippen LogP contribution in [0.4, 0.5) is 0 Å². The molecule has 0 spiro atoms. The highest BCUT2D eigenvalue weighted by Crippen LogP contribution is 2.27. The van der Waals surface area contributed by atoms with Crippen LogP contribution >= 0.6 is 0 Å². The van der Waals surface area contributed by atoms with Gasteiger partial charge in [0, 0.05) is 6.10 Å². The van der Waals surface area contributed by atoms with Gasteiger partial charge in [-0.2, -0.15) is 0 Å². The zero-order valence-electron chi connectivity index (χ0n) is 50.9. The number of rotatable bonds is 36. The van der Waals surface area contributed by atoms with Crippen molar-refractivity contribution in [3.05, 3.63) is 0 Å².